The zero-order valence-corrected chi connectivity index (χ0v) is 33.5. The molecule has 46 heavy (non-hydrogen) atoms. The maximum atomic E-state index is 11.8. The van der Waals surface area contributed by atoms with Crippen LogP contribution in [0.3, 0.4) is 0 Å². The smallest absolute Gasteiger partial charge is 1.00 e. The van der Waals surface area contributed by atoms with E-state index in [4.69, 9.17) is 12.9 Å². The molecule has 0 amide bonds. The van der Waals surface area contributed by atoms with Crippen LogP contribution in [0.4, 0.5) is 0 Å². The molecule has 0 fully saturated rings. The molecule has 0 aliphatic carbocycles. The molecule has 268 valence electrons. The molecule has 0 radical (unpaired) electrons. The van der Waals surface area contributed by atoms with Crippen molar-refractivity contribution < 1.29 is 60.7 Å². The van der Waals surface area contributed by atoms with Crippen LogP contribution in [0.5, 0.6) is 0 Å². The van der Waals surface area contributed by atoms with E-state index in [1.54, 1.807) is 18.2 Å². The zero-order valence-electron chi connectivity index (χ0n) is 30.9. The van der Waals surface area contributed by atoms with Crippen LogP contribution in [0.1, 0.15) is 182 Å². The van der Waals surface area contributed by atoms with Crippen molar-refractivity contribution in [2.45, 2.75) is 186 Å². The summed E-state index contributed by atoms with van der Waals surface area (Å²) in [7, 11) is -7.82. The molecule has 1 rings (SSSR count). The van der Waals surface area contributed by atoms with Gasteiger partial charge in [-0.2, -0.15) is 16.8 Å². The van der Waals surface area contributed by atoms with Gasteiger partial charge in [0, 0.05) is 0 Å². The monoisotopic (exact) mass is 700 g/mol. The van der Waals surface area contributed by atoms with Crippen LogP contribution >= 0.6 is 0 Å². The van der Waals surface area contributed by atoms with E-state index < -0.39 is 20.5 Å². The van der Waals surface area contributed by atoms with Crippen molar-refractivity contribution in [3.63, 3.8) is 0 Å². The number of rotatable bonds is 31. The number of unbranched alkanes of at least 4 members (excludes halogenated alkanes) is 24. The van der Waals surface area contributed by atoms with E-state index in [0.717, 1.165) is 32.1 Å². The molecule has 1 N–H and O–H groups in total. The van der Waals surface area contributed by atoms with Gasteiger partial charge in [-0.25, -0.2) is 8.37 Å². The summed E-state index contributed by atoms with van der Waals surface area (Å²) >= 11 is 0. The fraction of sp³-hybridized carbons (Fsp3) is 0.833. The first kappa shape index (κ1) is 48.1. The van der Waals surface area contributed by atoms with E-state index >= 15 is 0 Å². The van der Waals surface area contributed by atoms with Gasteiger partial charge in [0.2, 0.25) is 0 Å². The van der Waals surface area contributed by atoms with Gasteiger partial charge >= 0.3 is 40.0 Å². The predicted molar refractivity (Wildman–Crippen MR) is 190 cm³/mol. The fourth-order valence-corrected chi connectivity index (χ4v) is 6.40. The maximum Gasteiger partial charge on any atom is 1.00 e. The van der Waals surface area contributed by atoms with Crippen LogP contribution in [0.15, 0.2) is 35.2 Å². The van der Waals surface area contributed by atoms with Crippen molar-refractivity contribution in [2.75, 3.05) is 13.2 Å². The van der Waals surface area contributed by atoms with E-state index in [1.165, 1.54) is 147 Å². The molecule has 7 nitrogen and oxygen atoms in total. The molecule has 0 atom stereocenters. The first-order valence-corrected chi connectivity index (χ1v) is 21.1. The average molecular weight is 701 g/mol. The van der Waals surface area contributed by atoms with Crippen LogP contribution in [0, 0.1) is 0 Å². The number of hydrogen-bond donors (Lipinski definition) is 1. The largest absolute Gasteiger partial charge is 1.00 e. The Kier molecular flexibility index (Phi) is 36.5. The van der Waals surface area contributed by atoms with Crippen molar-refractivity contribution in [1.29, 1.82) is 0 Å². The fourth-order valence-electron chi connectivity index (χ4n) is 5.19. The Morgan fingerprint density at radius 2 is 0.739 bits per heavy atom. The second kappa shape index (κ2) is 34.8. The van der Waals surface area contributed by atoms with E-state index in [1.807, 2.05) is 0 Å². The first-order valence-electron chi connectivity index (χ1n) is 18.3. The summed E-state index contributed by atoms with van der Waals surface area (Å²) in [5.41, 5.74) is 0. The maximum absolute atomic E-state index is 11.8. The van der Waals surface area contributed by atoms with Gasteiger partial charge in [-0.1, -0.05) is 186 Å². The molecule has 0 heterocycles. The van der Waals surface area contributed by atoms with E-state index in [9.17, 15) is 16.8 Å². The van der Waals surface area contributed by atoms with Crippen LogP contribution in [-0.2, 0) is 28.9 Å². The van der Waals surface area contributed by atoms with Gasteiger partial charge in [-0.05, 0) is 25.0 Å². The second-order valence-corrected chi connectivity index (χ2v) is 15.0. The minimum absolute atomic E-state index is 0. The average Bonchev–Trinajstić information content (AvgIpc) is 3.01. The van der Waals surface area contributed by atoms with Gasteiger partial charge in [0.1, 0.15) is 0 Å². The van der Waals surface area contributed by atoms with Crippen LogP contribution in [0.2, 0.25) is 0 Å². The number of hydrogen-bond acceptors (Lipinski definition) is 6. The topological polar surface area (TPSA) is 107 Å². The minimum atomic E-state index is -4.00. The SMILES string of the molecule is CCCCCCCCCCCCCCCCCCOS(=O)(=O)OCCCCCCCCCCCC.O=S(=O)(O)c1ccccc1.[H-].[Na+]. The van der Waals surface area contributed by atoms with Gasteiger partial charge in [0.05, 0.1) is 18.1 Å². The second-order valence-electron chi connectivity index (χ2n) is 12.3. The molecule has 0 aromatic heterocycles. The summed E-state index contributed by atoms with van der Waals surface area (Å²) in [6.07, 6.45) is 33.1. The molecule has 1 aromatic carbocycles. The molecular weight excluding hydrogens is 632 g/mol. The van der Waals surface area contributed by atoms with E-state index in [-0.39, 0.29) is 49.1 Å². The summed E-state index contributed by atoms with van der Waals surface area (Å²) in [6.45, 7) is 5.02. The van der Waals surface area contributed by atoms with Crippen LogP contribution in [0.25, 0.3) is 0 Å². The van der Waals surface area contributed by atoms with Crippen molar-refractivity contribution in [2.24, 2.45) is 0 Å². The van der Waals surface area contributed by atoms with Gasteiger partial charge in [-0.15, -0.1) is 0 Å². The summed E-state index contributed by atoms with van der Waals surface area (Å²) in [6, 6.07) is 7.42. The number of benzene rings is 1. The van der Waals surface area contributed by atoms with Gasteiger partial charge in [0.15, 0.2) is 0 Å². The molecule has 10 heteroatoms. The molecule has 1 aromatic rings. The molecular formula is C36H69NaO7S2. The normalized spacial score (nSPS) is 11.5. The summed E-state index contributed by atoms with van der Waals surface area (Å²) < 4.78 is 62.8. The van der Waals surface area contributed by atoms with Crippen molar-refractivity contribution in [1.82, 2.24) is 0 Å². The molecule has 0 spiro atoms. The standard InChI is InChI=1S/C30H62O4S.C6H6O3S.Na.H/c1-3-5-7-9-11-13-15-16-17-18-19-20-22-24-26-28-30-34-35(31,32)33-29-27-25-23-21-14-12-10-8-6-4-2;7-10(8,9)6-4-2-1-3-5-6;;/h3-30H2,1-2H3;1-5H,(H,7,8,9);;/q;;+1;-1. The molecule has 0 unspecified atom stereocenters. The minimum Gasteiger partial charge on any atom is -1.00 e. The molecule has 0 saturated heterocycles. The zero-order chi connectivity index (χ0) is 33.3. The van der Waals surface area contributed by atoms with Crippen LogP contribution in [-0.4, -0.2) is 34.6 Å². The van der Waals surface area contributed by atoms with Gasteiger partial charge < -0.3 is 1.43 Å². The Hall–Kier alpha value is 0. The van der Waals surface area contributed by atoms with Gasteiger partial charge in [0.25, 0.3) is 10.1 Å². The van der Waals surface area contributed by atoms with Crippen molar-refractivity contribution >= 4 is 20.5 Å². The third-order valence-corrected chi connectivity index (χ3v) is 9.77. The third kappa shape index (κ3) is 35.3. The van der Waals surface area contributed by atoms with Crippen LogP contribution < -0.4 is 29.6 Å². The van der Waals surface area contributed by atoms with E-state index in [2.05, 4.69) is 13.8 Å². The first-order chi connectivity index (χ1) is 21.7. The Morgan fingerprint density at radius 1 is 0.478 bits per heavy atom. The van der Waals surface area contributed by atoms with Crippen molar-refractivity contribution in [3.8, 4) is 0 Å². The Bertz CT molecular complexity index is 965. The Labute approximate surface area is 308 Å². The molecule has 0 saturated carbocycles. The molecule has 0 aliphatic rings. The summed E-state index contributed by atoms with van der Waals surface area (Å²) in [5.74, 6) is 0. The quantitative estimate of drug-likeness (QED) is 0.0470. The molecule has 0 aliphatic heterocycles. The Morgan fingerprint density at radius 3 is 0.978 bits per heavy atom. The molecule has 0 bridgehead atoms. The summed E-state index contributed by atoms with van der Waals surface area (Å²) in [5, 5.41) is 0. The Balaban J connectivity index is -0.00000137. The van der Waals surface area contributed by atoms with E-state index in [0.29, 0.717) is 0 Å². The third-order valence-electron chi connectivity index (χ3n) is 7.99. The summed E-state index contributed by atoms with van der Waals surface area (Å²) in [4.78, 5) is -0.0741. The van der Waals surface area contributed by atoms with Crippen molar-refractivity contribution in [3.05, 3.63) is 30.3 Å². The van der Waals surface area contributed by atoms with Gasteiger partial charge in [-0.3, -0.25) is 4.55 Å². The predicted octanol–water partition coefficient (Wildman–Crippen LogP) is 8.50.